The number of aliphatic hydroxyl groups is 1. The zero-order valence-corrected chi connectivity index (χ0v) is 12.4. The van der Waals surface area contributed by atoms with E-state index in [1.54, 1.807) is 0 Å². The van der Waals surface area contributed by atoms with Gasteiger partial charge in [0, 0.05) is 24.0 Å². The van der Waals surface area contributed by atoms with Crippen LogP contribution < -0.4 is 10.1 Å². The van der Waals surface area contributed by atoms with Crippen LogP contribution in [-0.4, -0.2) is 41.0 Å². The number of aromatic nitrogens is 2. The topological polar surface area (TPSA) is 80.4 Å². The number of nitrogens with one attached hydrogen (secondary N) is 1. The van der Waals surface area contributed by atoms with E-state index < -0.39 is 6.10 Å². The number of hydrogen-bond donors (Lipinski definition) is 2. The normalized spacial score (nSPS) is 12.3. The Morgan fingerprint density at radius 3 is 3.10 bits per heavy atom. The van der Waals surface area contributed by atoms with Gasteiger partial charge in [-0.3, -0.25) is 0 Å². The van der Waals surface area contributed by atoms with Crippen LogP contribution in [0.5, 0.6) is 5.75 Å². The molecule has 6 nitrogen and oxygen atoms in total. The molecule has 1 aromatic carbocycles. The molecule has 1 aromatic heterocycles. The largest absolute Gasteiger partial charge is 0.491 e. The van der Waals surface area contributed by atoms with E-state index in [9.17, 15) is 5.11 Å². The van der Waals surface area contributed by atoms with E-state index in [1.807, 2.05) is 24.3 Å². The molecule has 1 atom stereocenters. The van der Waals surface area contributed by atoms with Crippen molar-refractivity contribution in [3.05, 3.63) is 41.0 Å². The Labute approximate surface area is 125 Å². The van der Waals surface area contributed by atoms with Gasteiger partial charge in [0.1, 0.15) is 18.5 Å². The fourth-order valence-corrected chi connectivity index (χ4v) is 1.96. The van der Waals surface area contributed by atoms with Gasteiger partial charge in [-0.05, 0) is 18.2 Å². The zero-order chi connectivity index (χ0) is 14.2. The quantitative estimate of drug-likeness (QED) is 0.706. The summed E-state index contributed by atoms with van der Waals surface area (Å²) in [5.74, 6) is 1.31. The highest BCUT2D eigenvalue weighted by atomic mass is 79.9. The fourth-order valence-electron chi connectivity index (χ4n) is 1.58. The second-order valence-electron chi connectivity index (χ2n) is 4.21. The molecule has 2 N–H and O–H groups in total. The molecule has 20 heavy (non-hydrogen) atoms. The van der Waals surface area contributed by atoms with Crippen molar-refractivity contribution < 1.29 is 14.4 Å². The van der Waals surface area contributed by atoms with Crippen molar-refractivity contribution in [2.45, 2.75) is 12.5 Å². The molecule has 108 valence electrons. The number of halogens is 1. The molecule has 1 heterocycles. The number of ether oxygens (including phenoxy) is 1. The first-order valence-corrected chi connectivity index (χ1v) is 7.06. The standard InChI is InChI=1S/C13H16BrN3O3/c14-10-2-1-3-12(6-10)19-8-11(18)7-15-5-4-13-16-9-17-20-13/h1-3,6,9,11,15,18H,4-5,7-8H2. The average molecular weight is 342 g/mol. The Hall–Kier alpha value is -1.44. The van der Waals surface area contributed by atoms with Gasteiger partial charge in [0.25, 0.3) is 0 Å². The van der Waals surface area contributed by atoms with Crippen LogP contribution in [0, 0.1) is 0 Å². The second kappa shape index (κ2) is 7.98. The lowest BCUT2D eigenvalue weighted by Crippen LogP contribution is -2.32. The number of nitrogens with zero attached hydrogens (tertiary/aromatic N) is 2. The van der Waals surface area contributed by atoms with E-state index in [-0.39, 0.29) is 6.61 Å². The van der Waals surface area contributed by atoms with Crippen molar-refractivity contribution in [2.24, 2.45) is 0 Å². The second-order valence-corrected chi connectivity index (χ2v) is 5.13. The van der Waals surface area contributed by atoms with Gasteiger partial charge in [-0.1, -0.05) is 27.2 Å². The lowest BCUT2D eigenvalue weighted by molar-refractivity contribution is 0.106. The van der Waals surface area contributed by atoms with Gasteiger partial charge < -0.3 is 19.7 Å². The van der Waals surface area contributed by atoms with Crippen LogP contribution in [0.3, 0.4) is 0 Å². The van der Waals surface area contributed by atoms with Gasteiger partial charge in [-0.15, -0.1) is 0 Å². The first-order valence-electron chi connectivity index (χ1n) is 6.27. The summed E-state index contributed by atoms with van der Waals surface area (Å²) in [6.07, 6.45) is 1.44. The smallest absolute Gasteiger partial charge is 0.227 e. The molecule has 0 bridgehead atoms. The maximum Gasteiger partial charge on any atom is 0.227 e. The summed E-state index contributed by atoms with van der Waals surface area (Å²) >= 11 is 3.36. The molecule has 0 saturated carbocycles. The zero-order valence-electron chi connectivity index (χ0n) is 10.8. The molecule has 0 aliphatic heterocycles. The lowest BCUT2D eigenvalue weighted by Gasteiger charge is -2.13. The maximum atomic E-state index is 9.79. The summed E-state index contributed by atoms with van der Waals surface area (Å²) in [5, 5.41) is 16.4. The van der Waals surface area contributed by atoms with E-state index in [2.05, 4.69) is 31.4 Å². The first kappa shape index (κ1) is 15.0. The Kier molecular flexibility index (Phi) is 5.97. The van der Waals surface area contributed by atoms with Gasteiger partial charge in [-0.2, -0.15) is 4.98 Å². The number of rotatable bonds is 8. The molecular formula is C13H16BrN3O3. The predicted molar refractivity (Wildman–Crippen MR) is 76.5 cm³/mol. The summed E-state index contributed by atoms with van der Waals surface area (Å²) < 4.78 is 11.3. The summed E-state index contributed by atoms with van der Waals surface area (Å²) in [5.41, 5.74) is 0. The van der Waals surface area contributed by atoms with Crippen molar-refractivity contribution in [1.29, 1.82) is 0 Å². The molecule has 0 fully saturated rings. The maximum absolute atomic E-state index is 9.79. The van der Waals surface area contributed by atoms with E-state index in [1.165, 1.54) is 6.33 Å². The molecule has 0 aliphatic rings. The molecule has 1 unspecified atom stereocenters. The Morgan fingerprint density at radius 2 is 2.35 bits per heavy atom. The minimum absolute atomic E-state index is 0.240. The highest BCUT2D eigenvalue weighted by Gasteiger charge is 2.06. The molecule has 0 radical (unpaired) electrons. The fraction of sp³-hybridized carbons (Fsp3) is 0.385. The lowest BCUT2D eigenvalue weighted by atomic mass is 10.3. The van der Waals surface area contributed by atoms with Crippen LogP contribution in [0.25, 0.3) is 0 Å². The van der Waals surface area contributed by atoms with Crippen LogP contribution in [0.4, 0.5) is 0 Å². The van der Waals surface area contributed by atoms with Crippen molar-refractivity contribution >= 4 is 15.9 Å². The van der Waals surface area contributed by atoms with Gasteiger partial charge in [-0.25, -0.2) is 0 Å². The molecule has 0 amide bonds. The highest BCUT2D eigenvalue weighted by Crippen LogP contribution is 2.17. The first-order chi connectivity index (χ1) is 9.74. The van der Waals surface area contributed by atoms with Crippen LogP contribution in [0.1, 0.15) is 5.89 Å². The Morgan fingerprint density at radius 1 is 1.45 bits per heavy atom. The molecule has 7 heteroatoms. The average Bonchev–Trinajstić information content (AvgIpc) is 2.95. The Bertz CT molecular complexity index is 507. The van der Waals surface area contributed by atoms with Gasteiger partial charge in [0.05, 0.1) is 0 Å². The number of aliphatic hydroxyl groups excluding tert-OH is 1. The Balaban J connectivity index is 1.59. The van der Waals surface area contributed by atoms with E-state index >= 15 is 0 Å². The summed E-state index contributed by atoms with van der Waals surface area (Å²) in [6.45, 7) is 1.35. The minimum Gasteiger partial charge on any atom is -0.491 e. The molecule has 0 saturated heterocycles. The molecule has 2 aromatic rings. The van der Waals surface area contributed by atoms with Crippen LogP contribution in [0.15, 0.2) is 39.6 Å². The van der Waals surface area contributed by atoms with E-state index in [0.717, 1.165) is 10.2 Å². The third-order valence-electron chi connectivity index (χ3n) is 2.54. The molecule has 2 rings (SSSR count). The van der Waals surface area contributed by atoms with Crippen molar-refractivity contribution in [2.75, 3.05) is 19.7 Å². The van der Waals surface area contributed by atoms with E-state index in [4.69, 9.17) is 9.26 Å². The SMILES string of the molecule is OC(CNCCc1ncno1)COc1cccc(Br)c1. The van der Waals surface area contributed by atoms with Crippen LogP contribution >= 0.6 is 15.9 Å². The third kappa shape index (κ3) is 5.28. The molecule has 0 aliphatic carbocycles. The van der Waals surface area contributed by atoms with Gasteiger partial charge >= 0.3 is 0 Å². The van der Waals surface area contributed by atoms with Crippen molar-refractivity contribution in [3.63, 3.8) is 0 Å². The van der Waals surface area contributed by atoms with Crippen LogP contribution in [-0.2, 0) is 6.42 Å². The van der Waals surface area contributed by atoms with Gasteiger partial charge in [0.2, 0.25) is 5.89 Å². The highest BCUT2D eigenvalue weighted by molar-refractivity contribution is 9.10. The number of hydrogen-bond acceptors (Lipinski definition) is 6. The minimum atomic E-state index is -0.573. The summed E-state index contributed by atoms with van der Waals surface area (Å²) in [7, 11) is 0. The van der Waals surface area contributed by atoms with Crippen molar-refractivity contribution in [3.8, 4) is 5.75 Å². The third-order valence-corrected chi connectivity index (χ3v) is 3.03. The summed E-state index contributed by atoms with van der Waals surface area (Å²) in [6, 6.07) is 7.51. The molecular weight excluding hydrogens is 326 g/mol. The van der Waals surface area contributed by atoms with Crippen LogP contribution in [0.2, 0.25) is 0 Å². The summed E-state index contributed by atoms with van der Waals surface area (Å²) in [4.78, 5) is 3.91. The van der Waals surface area contributed by atoms with E-state index in [0.29, 0.717) is 25.4 Å². The number of benzene rings is 1. The molecule has 0 spiro atoms. The monoisotopic (exact) mass is 341 g/mol. The predicted octanol–water partition coefficient (Wildman–Crippen LogP) is 1.40. The van der Waals surface area contributed by atoms with Crippen molar-refractivity contribution in [1.82, 2.24) is 15.5 Å². The van der Waals surface area contributed by atoms with Gasteiger partial charge in [0.15, 0.2) is 6.33 Å².